The van der Waals surface area contributed by atoms with Crippen molar-refractivity contribution in [3.8, 4) is 0 Å². The molecule has 2 heterocycles. The Hall–Kier alpha value is -1.79. The molecule has 2 aliphatic heterocycles. The first-order valence-corrected chi connectivity index (χ1v) is 14.5. The lowest BCUT2D eigenvalue weighted by Gasteiger charge is -2.54. The van der Waals surface area contributed by atoms with Crippen molar-refractivity contribution in [3.63, 3.8) is 0 Å². The summed E-state index contributed by atoms with van der Waals surface area (Å²) in [5.74, 6) is 1.72. The zero-order chi connectivity index (χ0) is 24.5. The average molecular weight is 488 g/mol. The molecule has 7 nitrogen and oxygen atoms in total. The van der Waals surface area contributed by atoms with Crippen LogP contribution in [0.3, 0.4) is 0 Å². The van der Waals surface area contributed by atoms with Crippen molar-refractivity contribution in [1.82, 2.24) is 14.7 Å². The molecule has 5 rings (SSSR count). The number of hydrogen-bond donors (Lipinski definition) is 0. The number of hydrogen-bond acceptors (Lipinski definition) is 4. The summed E-state index contributed by atoms with van der Waals surface area (Å²) in [5, 5.41) is 0. The summed E-state index contributed by atoms with van der Waals surface area (Å²) in [5.41, 5.74) is 0. The number of rotatable bonds is 3. The highest BCUT2D eigenvalue weighted by Gasteiger charge is 2.48. The fourth-order valence-electron chi connectivity index (χ4n) is 8.17. The van der Waals surface area contributed by atoms with Crippen LogP contribution in [0, 0.1) is 11.8 Å². The van der Waals surface area contributed by atoms with Gasteiger partial charge in [0.1, 0.15) is 6.10 Å². The summed E-state index contributed by atoms with van der Waals surface area (Å²) in [6, 6.07) is 0.619. The van der Waals surface area contributed by atoms with E-state index < -0.39 is 0 Å². The highest BCUT2D eigenvalue weighted by molar-refractivity contribution is 5.78. The summed E-state index contributed by atoms with van der Waals surface area (Å²) < 4.78 is 6.03. The maximum Gasteiger partial charge on any atom is 0.410 e. The van der Waals surface area contributed by atoms with Crippen molar-refractivity contribution in [2.45, 2.75) is 134 Å². The zero-order valence-electron chi connectivity index (χ0n) is 21.8. The monoisotopic (exact) mass is 487 g/mol. The Labute approximate surface area is 210 Å². The molecule has 4 atom stereocenters. The number of likely N-dealkylation sites (tertiary alicyclic amines) is 1. The SMILES string of the molecule is CC(=O)N1C2CCC(C3CCC(N4CCCC4=O)CC3)CC2N(C(=O)OC2CCCCC2)C[C@@H]1C. The van der Waals surface area contributed by atoms with Crippen LogP contribution >= 0.6 is 0 Å². The second-order valence-electron chi connectivity index (χ2n) is 12.0. The van der Waals surface area contributed by atoms with Crippen LogP contribution in [0.25, 0.3) is 0 Å². The van der Waals surface area contributed by atoms with Crippen LogP contribution in [0.5, 0.6) is 0 Å². The van der Waals surface area contributed by atoms with Gasteiger partial charge >= 0.3 is 6.09 Å². The molecule has 35 heavy (non-hydrogen) atoms. The van der Waals surface area contributed by atoms with Gasteiger partial charge in [-0.05, 0) is 95.8 Å². The predicted molar refractivity (Wildman–Crippen MR) is 134 cm³/mol. The Kier molecular flexibility index (Phi) is 7.59. The van der Waals surface area contributed by atoms with Gasteiger partial charge < -0.3 is 19.4 Å². The minimum Gasteiger partial charge on any atom is -0.446 e. The molecule has 3 unspecified atom stereocenters. The van der Waals surface area contributed by atoms with Crippen molar-refractivity contribution in [3.05, 3.63) is 0 Å². The number of amides is 3. The Morgan fingerprint density at radius 3 is 2.23 bits per heavy atom. The van der Waals surface area contributed by atoms with E-state index in [9.17, 15) is 14.4 Å². The normalized spacial score (nSPS) is 36.7. The molecule has 0 aromatic heterocycles. The Bertz CT molecular complexity index is 789. The van der Waals surface area contributed by atoms with Gasteiger partial charge in [0.2, 0.25) is 11.8 Å². The van der Waals surface area contributed by atoms with Crippen molar-refractivity contribution in [2.24, 2.45) is 11.8 Å². The van der Waals surface area contributed by atoms with Crippen LogP contribution in [-0.4, -0.2) is 76.0 Å². The molecule has 5 aliphatic rings. The Morgan fingerprint density at radius 2 is 1.57 bits per heavy atom. The van der Waals surface area contributed by atoms with Crippen LogP contribution < -0.4 is 0 Å². The molecular weight excluding hydrogens is 442 g/mol. The fraction of sp³-hybridized carbons (Fsp3) is 0.893. The van der Waals surface area contributed by atoms with E-state index in [0.717, 1.165) is 77.2 Å². The largest absolute Gasteiger partial charge is 0.446 e. The van der Waals surface area contributed by atoms with Crippen molar-refractivity contribution in [2.75, 3.05) is 13.1 Å². The average Bonchev–Trinajstić information content (AvgIpc) is 3.29. The lowest BCUT2D eigenvalue weighted by Crippen LogP contribution is -2.67. The molecule has 3 saturated carbocycles. The second kappa shape index (κ2) is 10.7. The van der Waals surface area contributed by atoms with Gasteiger partial charge in [-0.1, -0.05) is 6.42 Å². The van der Waals surface area contributed by atoms with Gasteiger partial charge in [-0.25, -0.2) is 4.79 Å². The Balaban J connectivity index is 1.25. The van der Waals surface area contributed by atoms with Gasteiger partial charge in [0, 0.05) is 38.5 Å². The summed E-state index contributed by atoms with van der Waals surface area (Å²) >= 11 is 0. The highest BCUT2D eigenvalue weighted by atomic mass is 16.6. The molecule has 0 aromatic carbocycles. The second-order valence-corrected chi connectivity index (χ2v) is 12.0. The van der Waals surface area contributed by atoms with E-state index in [4.69, 9.17) is 4.74 Å². The lowest BCUT2D eigenvalue weighted by molar-refractivity contribution is -0.143. The van der Waals surface area contributed by atoms with Gasteiger partial charge in [0.05, 0.1) is 12.1 Å². The third-order valence-electron chi connectivity index (χ3n) is 9.89. The molecule has 0 spiro atoms. The molecule has 0 N–H and O–H groups in total. The first kappa shape index (κ1) is 24.9. The lowest BCUT2D eigenvalue weighted by atomic mass is 9.68. The molecule has 7 heteroatoms. The van der Waals surface area contributed by atoms with Crippen LogP contribution in [0.2, 0.25) is 0 Å². The number of ether oxygens (including phenoxy) is 1. The molecule has 0 bridgehead atoms. The molecule has 196 valence electrons. The fourth-order valence-corrected chi connectivity index (χ4v) is 8.17. The number of carbonyl (C=O) groups excluding carboxylic acids is 3. The van der Waals surface area contributed by atoms with Crippen molar-refractivity contribution in [1.29, 1.82) is 0 Å². The summed E-state index contributed by atoms with van der Waals surface area (Å²) in [6.07, 6.45) is 14.8. The Morgan fingerprint density at radius 1 is 0.857 bits per heavy atom. The molecule has 2 saturated heterocycles. The topological polar surface area (TPSA) is 70.2 Å². The van der Waals surface area contributed by atoms with E-state index in [1.165, 1.54) is 19.3 Å². The number of carbonyl (C=O) groups is 3. The first-order valence-electron chi connectivity index (χ1n) is 14.5. The van der Waals surface area contributed by atoms with Gasteiger partial charge in [0.25, 0.3) is 0 Å². The molecular formula is C28H45N3O4. The molecule has 0 radical (unpaired) electrons. The number of fused-ring (bicyclic) bond motifs is 1. The van der Waals surface area contributed by atoms with Crippen LogP contribution in [0.15, 0.2) is 0 Å². The maximum atomic E-state index is 13.4. The summed E-state index contributed by atoms with van der Waals surface area (Å²) in [6.45, 7) is 5.27. The van der Waals surface area contributed by atoms with E-state index in [1.807, 2.05) is 4.90 Å². The zero-order valence-corrected chi connectivity index (χ0v) is 21.8. The predicted octanol–water partition coefficient (Wildman–Crippen LogP) is 4.73. The summed E-state index contributed by atoms with van der Waals surface area (Å²) in [7, 11) is 0. The molecule has 0 aromatic rings. The van der Waals surface area contributed by atoms with Gasteiger partial charge in [0.15, 0.2) is 0 Å². The molecule has 3 amide bonds. The van der Waals surface area contributed by atoms with Gasteiger partial charge in [-0.3, -0.25) is 9.59 Å². The van der Waals surface area contributed by atoms with Crippen molar-refractivity contribution < 1.29 is 19.1 Å². The van der Waals surface area contributed by atoms with Gasteiger partial charge in [-0.15, -0.1) is 0 Å². The quantitative estimate of drug-likeness (QED) is 0.577. The molecule has 5 fully saturated rings. The third kappa shape index (κ3) is 5.20. The van der Waals surface area contributed by atoms with Crippen LogP contribution in [-0.2, 0) is 14.3 Å². The third-order valence-corrected chi connectivity index (χ3v) is 9.89. The van der Waals surface area contributed by atoms with E-state index in [2.05, 4.69) is 16.7 Å². The maximum absolute atomic E-state index is 13.4. The minimum absolute atomic E-state index is 0.0256. The van der Waals surface area contributed by atoms with E-state index >= 15 is 0 Å². The van der Waals surface area contributed by atoms with Crippen LogP contribution in [0.1, 0.15) is 104 Å². The van der Waals surface area contributed by atoms with E-state index in [1.54, 1.807) is 6.92 Å². The number of nitrogens with zero attached hydrogens (tertiary/aromatic N) is 3. The minimum atomic E-state index is -0.154. The number of piperazine rings is 1. The van der Waals surface area contributed by atoms with Crippen LogP contribution in [0.4, 0.5) is 4.79 Å². The van der Waals surface area contributed by atoms with E-state index in [-0.39, 0.29) is 36.2 Å². The molecule has 3 aliphatic carbocycles. The highest BCUT2D eigenvalue weighted by Crippen LogP contribution is 2.44. The standard InChI is InChI=1S/C28H45N3O4/c1-19-18-30(28(34)35-24-7-4-3-5-8-24)26-17-22(12-15-25(26)31(19)20(2)32)21-10-13-23(14-11-21)29-16-6-9-27(29)33/h19,21-26H,3-18H2,1-2H3/t19-,21?,22?,23?,25?,26?/m0/s1. The summed E-state index contributed by atoms with van der Waals surface area (Å²) in [4.78, 5) is 44.4. The van der Waals surface area contributed by atoms with Crippen molar-refractivity contribution >= 4 is 17.9 Å². The van der Waals surface area contributed by atoms with Gasteiger partial charge in [-0.2, -0.15) is 0 Å². The smallest absolute Gasteiger partial charge is 0.410 e. The van der Waals surface area contributed by atoms with E-state index in [0.29, 0.717) is 30.3 Å². The first-order chi connectivity index (χ1) is 16.9.